The molecule has 0 aliphatic heterocycles. The number of rotatable bonds is 3. The number of hydrogen-bond acceptors (Lipinski definition) is 4. The largest absolute Gasteiger partial charge is 0.480 e. The second-order valence-electron chi connectivity index (χ2n) is 2.74. The Morgan fingerprint density at radius 2 is 2.29 bits per heavy atom. The third-order valence-corrected chi connectivity index (χ3v) is 2.55. The summed E-state index contributed by atoms with van der Waals surface area (Å²) in [6.45, 7) is 1.39. The third-order valence-electron chi connectivity index (χ3n) is 1.62. The van der Waals surface area contributed by atoms with Crippen LogP contribution in [-0.4, -0.2) is 23.0 Å². The number of hydrogen-bond donors (Lipinski definition) is 3. The van der Waals surface area contributed by atoms with Crippen molar-refractivity contribution in [1.29, 1.82) is 0 Å². The van der Waals surface area contributed by atoms with E-state index in [-0.39, 0.29) is 0 Å². The van der Waals surface area contributed by atoms with E-state index in [0.717, 1.165) is 0 Å². The van der Waals surface area contributed by atoms with E-state index in [9.17, 15) is 9.59 Å². The van der Waals surface area contributed by atoms with Gasteiger partial charge < -0.3 is 16.2 Å². The van der Waals surface area contributed by atoms with E-state index in [1.54, 1.807) is 11.4 Å². The summed E-state index contributed by atoms with van der Waals surface area (Å²) >= 11 is 1.18. The van der Waals surface area contributed by atoms with Gasteiger partial charge >= 0.3 is 5.97 Å². The number of carbonyl (C=O) groups is 2. The van der Waals surface area contributed by atoms with Crippen molar-refractivity contribution < 1.29 is 14.7 Å². The van der Waals surface area contributed by atoms with E-state index in [1.165, 1.54) is 18.3 Å². The molecule has 0 unspecified atom stereocenters. The number of carbonyl (C=O) groups excluding carboxylic acids is 1. The molecule has 0 fully saturated rings. The zero-order valence-electron chi connectivity index (χ0n) is 7.48. The van der Waals surface area contributed by atoms with Crippen molar-refractivity contribution in [3.8, 4) is 0 Å². The highest BCUT2D eigenvalue weighted by Crippen LogP contribution is 2.18. The Balaban J connectivity index is 2.69. The van der Waals surface area contributed by atoms with E-state index in [4.69, 9.17) is 10.8 Å². The number of thiophene rings is 1. The van der Waals surface area contributed by atoms with Gasteiger partial charge in [-0.3, -0.25) is 9.59 Å². The van der Waals surface area contributed by atoms with Crippen molar-refractivity contribution in [2.75, 3.05) is 5.73 Å². The van der Waals surface area contributed by atoms with Crippen LogP contribution in [0, 0.1) is 0 Å². The number of nitrogens with one attached hydrogen (secondary N) is 1. The van der Waals surface area contributed by atoms with E-state index >= 15 is 0 Å². The Morgan fingerprint density at radius 3 is 2.71 bits per heavy atom. The second kappa shape index (κ2) is 4.10. The molecule has 0 saturated carbocycles. The van der Waals surface area contributed by atoms with Crippen molar-refractivity contribution in [1.82, 2.24) is 5.32 Å². The molecule has 1 atom stereocenters. The fourth-order valence-electron chi connectivity index (χ4n) is 0.828. The highest BCUT2D eigenvalue weighted by molar-refractivity contribution is 7.12. The van der Waals surface area contributed by atoms with Crippen LogP contribution in [0.1, 0.15) is 16.6 Å². The van der Waals surface area contributed by atoms with Crippen LogP contribution in [0.3, 0.4) is 0 Å². The van der Waals surface area contributed by atoms with Crippen LogP contribution >= 0.6 is 11.3 Å². The SMILES string of the molecule is C[C@H](NC(=O)c1sccc1N)C(=O)O. The predicted octanol–water partition coefficient (Wildman–Crippen LogP) is 0.533. The minimum atomic E-state index is -1.08. The summed E-state index contributed by atoms with van der Waals surface area (Å²) in [5, 5.41) is 12.5. The highest BCUT2D eigenvalue weighted by atomic mass is 32.1. The van der Waals surface area contributed by atoms with Gasteiger partial charge in [0.2, 0.25) is 0 Å². The monoisotopic (exact) mass is 214 g/mol. The Hall–Kier alpha value is -1.56. The number of nitrogens with two attached hydrogens (primary N) is 1. The Labute approximate surface area is 84.5 Å². The van der Waals surface area contributed by atoms with Gasteiger partial charge in [-0.25, -0.2) is 0 Å². The molecule has 0 aliphatic rings. The molecule has 4 N–H and O–H groups in total. The smallest absolute Gasteiger partial charge is 0.325 e. The molecule has 1 amide bonds. The van der Waals surface area contributed by atoms with Crippen LogP contribution < -0.4 is 11.1 Å². The number of amides is 1. The molecule has 0 spiro atoms. The van der Waals surface area contributed by atoms with Gasteiger partial charge in [-0.1, -0.05) is 0 Å². The molecular weight excluding hydrogens is 204 g/mol. The molecule has 1 heterocycles. The standard InChI is InChI=1S/C8H10N2O3S/c1-4(8(12)13)10-7(11)6-5(9)2-3-14-6/h2-4H,9H2,1H3,(H,10,11)(H,12,13)/t4-/m0/s1. The molecule has 5 nitrogen and oxygen atoms in total. The number of anilines is 1. The predicted molar refractivity (Wildman–Crippen MR) is 53.3 cm³/mol. The lowest BCUT2D eigenvalue weighted by atomic mass is 10.3. The number of carboxylic acids is 1. The Kier molecular flexibility index (Phi) is 3.08. The number of aliphatic carboxylic acids is 1. The maximum atomic E-state index is 11.4. The van der Waals surface area contributed by atoms with E-state index < -0.39 is 17.9 Å². The van der Waals surface area contributed by atoms with Crippen molar-refractivity contribution >= 4 is 28.9 Å². The Morgan fingerprint density at radius 1 is 1.64 bits per heavy atom. The molecule has 1 aromatic rings. The van der Waals surface area contributed by atoms with E-state index in [1.807, 2.05) is 0 Å². The second-order valence-corrected chi connectivity index (χ2v) is 3.65. The molecule has 0 saturated heterocycles. The molecule has 0 aromatic carbocycles. The zero-order valence-corrected chi connectivity index (χ0v) is 8.30. The van der Waals surface area contributed by atoms with Crippen LogP contribution in [0.5, 0.6) is 0 Å². The van der Waals surface area contributed by atoms with Crippen molar-refractivity contribution in [3.05, 3.63) is 16.3 Å². The summed E-state index contributed by atoms with van der Waals surface area (Å²) in [7, 11) is 0. The van der Waals surface area contributed by atoms with Gasteiger partial charge in [0.25, 0.3) is 5.91 Å². The number of carboxylic acid groups (broad SMARTS) is 1. The lowest BCUT2D eigenvalue weighted by Crippen LogP contribution is -2.38. The summed E-state index contributed by atoms with van der Waals surface area (Å²) in [6.07, 6.45) is 0. The fraction of sp³-hybridized carbons (Fsp3) is 0.250. The third kappa shape index (κ3) is 2.23. The first-order valence-electron chi connectivity index (χ1n) is 3.89. The van der Waals surface area contributed by atoms with Gasteiger partial charge in [-0.05, 0) is 18.4 Å². The topological polar surface area (TPSA) is 92.4 Å². The van der Waals surface area contributed by atoms with Gasteiger partial charge in [0.1, 0.15) is 10.9 Å². The van der Waals surface area contributed by atoms with Crippen molar-refractivity contribution in [2.45, 2.75) is 13.0 Å². The molecule has 1 rings (SSSR count). The molecule has 76 valence electrons. The normalized spacial score (nSPS) is 12.1. The molecule has 0 bridgehead atoms. The van der Waals surface area contributed by atoms with Gasteiger partial charge in [0, 0.05) is 0 Å². The first kappa shape index (κ1) is 10.5. The molecule has 0 aliphatic carbocycles. The molecule has 0 radical (unpaired) electrons. The lowest BCUT2D eigenvalue weighted by Gasteiger charge is -2.07. The average Bonchev–Trinajstić information content (AvgIpc) is 2.51. The summed E-state index contributed by atoms with van der Waals surface area (Å²) in [6, 6.07) is 0.689. The van der Waals surface area contributed by atoms with Gasteiger partial charge in [-0.2, -0.15) is 0 Å². The Bertz CT molecular complexity index is 361. The quantitative estimate of drug-likeness (QED) is 0.684. The summed E-state index contributed by atoms with van der Waals surface area (Å²) < 4.78 is 0. The van der Waals surface area contributed by atoms with E-state index in [2.05, 4.69) is 5.32 Å². The summed E-state index contributed by atoms with van der Waals surface area (Å²) in [4.78, 5) is 22.2. The van der Waals surface area contributed by atoms with Crippen LogP contribution in [-0.2, 0) is 4.79 Å². The van der Waals surface area contributed by atoms with E-state index in [0.29, 0.717) is 10.6 Å². The van der Waals surface area contributed by atoms with Crippen molar-refractivity contribution in [2.24, 2.45) is 0 Å². The van der Waals surface area contributed by atoms with Gasteiger partial charge in [-0.15, -0.1) is 11.3 Å². The van der Waals surface area contributed by atoms with Crippen LogP contribution in [0.2, 0.25) is 0 Å². The molecular formula is C8H10N2O3S. The maximum Gasteiger partial charge on any atom is 0.325 e. The first-order chi connectivity index (χ1) is 6.52. The van der Waals surface area contributed by atoms with Gasteiger partial charge in [0.15, 0.2) is 0 Å². The number of nitrogen functional groups attached to an aromatic ring is 1. The molecule has 1 aromatic heterocycles. The van der Waals surface area contributed by atoms with Gasteiger partial charge in [0.05, 0.1) is 5.69 Å². The lowest BCUT2D eigenvalue weighted by molar-refractivity contribution is -0.138. The molecule has 6 heteroatoms. The minimum Gasteiger partial charge on any atom is -0.480 e. The van der Waals surface area contributed by atoms with Crippen LogP contribution in [0.25, 0.3) is 0 Å². The fourth-order valence-corrected chi connectivity index (χ4v) is 1.55. The summed E-state index contributed by atoms with van der Waals surface area (Å²) in [5.74, 6) is -1.53. The maximum absolute atomic E-state index is 11.4. The highest BCUT2D eigenvalue weighted by Gasteiger charge is 2.17. The first-order valence-corrected chi connectivity index (χ1v) is 4.77. The molecule has 14 heavy (non-hydrogen) atoms. The summed E-state index contributed by atoms with van der Waals surface area (Å²) in [5.41, 5.74) is 5.86. The van der Waals surface area contributed by atoms with Crippen LogP contribution in [0.15, 0.2) is 11.4 Å². The van der Waals surface area contributed by atoms with Crippen LogP contribution in [0.4, 0.5) is 5.69 Å². The van der Waals surface area contributed by atoms with Crippen molar-refractivity contribution in [3.63, 3.8) is 0 Å². The average molecular weight is 214 g/mol. The minimum absolute atomic E-state index is 0.345. The zero-order chi connectivity index (χ0) is 10.7.